The molecule has 1 aromatic heterocycles. The van der Waals surface area contributed by atoms with E-state index in [1.54, 1.807) is 0 Å². The van der Waals surface area contributed by atoms with Gasteiger partial charge < -0.3 is 5.32 Å². The standard InChI is InChI=1S/C23H23N3OS/c1-14(2)17-8-9-21-18(10-17)11-19(12-24)23(26-21)28-13-22(27)25-20-7-5-6-15(3)16(20)4/h5-11,14H,13H2,1-4H3,(H,25,27). The van der Waals surface area contributed by atoms with Crippen molar-refractivity contribution < 1.29 is 4.79 Å². The Morgan fingerprint density at radius 3 is 2.71 bits per heavy atom. The summed E-state index contributed by atoms with van der Waals surface area (Å²) in [5.74, 6) is 0.502. The molecule has 0 saturated carbocycles. The Balaban J connectivity index is 1.78. The van der Waals surface area contributed by atoms with Crippen LogP contribution >= 0.6 is 11.8 Å². The summed E-state index contributed by atoms with van der Waals surface area (Å²) in [6.45, 7) is 8.28. The number of nitriles is 1. The van der Waals surface area contributed by atoms with Crippen molar-refractivity contribution in [1.29, 1.82) is 5.26 Å². The first kappa shape index (κ1) is 19.9. The van der Waals surface area contributed by atoms with Gasteiger partial charge in [0.05, 0.1) is 16.8 Å². The van der Waals surface area contributed by atoms with Gasteiger partial charge in [-0.15, -0.1) is 0 Å². The first-order valence-electron chi connectivity index (χ1n) is 9.22. The minimum atomic E-state index is -0.111. The number of aryl methyl sites for hydroxylation is 1. The van der Waals surface area contributed by atoms with Crippen molar-refractivity contribution in [3.63, 3.8) is 0 Å². The highest BCUT2D eigenvalue weighted by Gasteiger charge is 2.12. The van der Waals surface area contributed by atoms with E-state index in [1.165, 1.54) is 17.3 Å². The third-order valence-electron chi connectivity index (χ3n) is 4.81. The predicted molar refractivity (Wildman–Crippen MR) is 116 cm³/mol. The fraction of sp³-hybridized carbons (Fsp3) is 0.261. The molecule has 0 aliphatic carbocycles. The Morgan fingerprint density at radius 1 is 1.21 bits per heavy atom. The lowest BCUT2D eigenvalue weighted by atomic mass is 10.0. The minimum absolute atomic E-state index is 0.111. The van der Waals surface area contributed by atoms with E-state index in [1.807, 2.05) is 44.2 Å². The van der Waals surface area contributed by atoms with E-state index in [4.69, 9.17) is 0 Å². The zero-order valence-corrected chi connectivity index (χ0v) is 17.4. The first-order valence-corrected chi connectivity index (χ1v) is 10.2. The van der Waals surface area contributed by atoms with Gasteiger partial charge in [-0.05, 0) is 60.7 Å². The van der Waals surface area contributed by atoms with Gasteiger partial charge in [-0.1, -0.05) is 43.8 Å². The van der Waals surface area contributed by atoms with Gasteiger partial charge in [0.2, 0.25) is 5.91 Å². The quantitative estimate of drug-likeness (QED) is 0.579. The van der Waals surface area contributed by atoms with Crippen molar-refractivity contribution in [1.82, 2.24) is 4.98 Å². The summed E-state index contributed by atoms with van der Waals surface area (Å²) < 4.78 is 0. The van der Waals surface area contributed by atoms with E-state index >= 15 is 0 Å². The van der Waals surface area contributed by atoms with Crippen LogP contribution in [0.4, 0.5) is 5.69 Å². The molecule has 1 amide bonds. The molecule has 1 heterocycles. The van der Waals surface area contributed by atoms with Crippen molar-refractivity contribution in [3.05, 3.63) is 64.7 Å². The molecule has 4 nitrogen and oxygen atoms in total. The average Bonchev–Trinajstić information content (AvgIpc) is 2.68. The number of anilines is 1. The fourth-order valence-electron chi connectivity index (χ4n) is 2.93. The molecule has 0 atom stereocenters. The minimum Gasteiger partial charge on any atom is -0.325 e. The van der Waals surface area contributed by atoms with Crippen molar-refractivity contribution in [2.75, 3.05) is 11.1 Å². The molecular formula is C23H23N3OS. The number of rotatable bonds is 5. The zero-order chi connectivity index (χ0) is 20.3. The number of aromatic nitrogens is 1. The fourth-order valence-corrected chi connectivity index (χ4v) is 3.70. The lowest BCUT2D eigenvalue weighted by Crippen LogP contribution is -2.15. The highest BCUT2D eigenvalue weighted by molar-refractivity contribution is 8.00. The lowest BCUT2D eigenvalue weighted by Gasteiger charge is -2.11. The smallest absolute Gasteiger partial charge is 0.234 e. The number of hydrogen-bond acceptors (Lipinski definition) is 4. The molecule has 2 aromatic carbocycles. The summed E-state index contributed by atoms with van der Waals surface area (Å²) in [4.78, 5) is 17.0. The number of nitrogens with zero attached hydrogens (tertiary/aromatic N) is 2. The van der Waals surface area contributed by atoms with Gasteiger partial charge in [0.25, 0.3) is 0 Å². The van der Waals surface area contributed by atoms with E-state index in [0.717, 1.165) is 27.7 Å². The molecular weight excluding hydrogens is 366 g/mol. The van der Waals surface area contributed by atoms with Crippen LogP contribution in [-0.2, 0) is 4.79 Å². The normalized spacial score (nSPS) is 10.9. The Kier molecular flexibility index (Phi) is 6.01. The molecule has 0 fully saturated rings. The van der Waals surface area contributed by atoms with Crippen LogP contribution in [0.1, 0.15) is 42.0 Å². The third kappa shape index (κ3) is 4.35. The van der Waals surface area contributed by atoms with Gasteiger partial charge in [-0.2, -0.15) is 5.26 Å². The molecule has 1 N–H and O–H groups in total. The van der Waals surface area contributed by atoms with Gasteiger partial charge >= 0.3 is 0 Å². The van der Waals surface area contributed by atoms with Crippen LogP contribution in [0.3, 0.4) is 0 Å². The summed E-state index contributed by atoms with van der Waals surface area (Å²) in [5.41, 5.74) is 5.56. The van der Waals surface area contributed by atoms with Crippen LogP contribution in [0.25, 0.3) is 10.9 Å². The maximum absolute atomic E-state index is 12.4. The number of carbonyl (C=O) groups excluding carboxylic acids is 1. The average molecular weight is 390 g/mol. The van der Waals surface area contributed by atoms with Crippen LogP contribution in [0.2, 0.25) is 0 Å². The summed E-state index contributed by atoms with van der Waals surface area (Å²) >= 11 is 1.29. The van der Waals surface area contributed by atoms with Gasteiger partial charge in [0, 0.05) is 11.1 Å². The molecule has 3 aromatic rings. The second-order valence-corrected chi connectivity index (χ2v) is 8.11. The van der Waals surface area contributed by atoms with Gasteiger partial charge in [0.1, 0.15) is 11.1 Å². The summed E-state index contributed by atoms with van der Waals surface area (Å²) in [6.07, 6.45) is 0. The van der Waals surface area contributed by atoms with Gasteiger partial charge in [-0.3, -0.25) is 4.79 Å². The molecule has 0 spiro atoms. The van der Waals surface area contributed by atoms with Gasteiger partial charge in [0.15, 0.2) is 0 Å². The van der Waals surface area contributed by atoms with E-state index in [-0.39, 0.29) is 11.7 Å². The number of amides is 1. The largest absolute Gasteiger partial charge is 0.325 e. The predicted octanol–water partition coefficient (Wildman–Crippen LogP) is 5.58. The number of nitrogens with one attached hydrogen (secondary N) is 1. The number of hydrogen-bond donors (Lipinski definition) is 1. The Labute approximate surface area is 170 Å². The highest BCUT2D eigenvalue weighted by atomic mass is 32.2. The number of carbonyl (C=O) groups is 1. The van der Waals surface area contributed by atoms with Crippen molar-refractivity contribution >= 4 is 34.3 Å². The van der Waals surface area contributed by atoms with E-state index in [2.05, 4.69) is 42.4 Å². The Bertz CT molecular complexity index is 1080. The van der Waals surface area contributed by atoms with E-state index in [0.29, 0.717) is 16.5 Å². The van der Waals surface area contributed by atoms with Crippen molar-refractivity contribution in [3.8, 4) is 6.07 Å². The molecule has 3 rings (SSSR count). The lowest BCUT2D eigenvalue weighted by molar-refractivity contribution is -0.113. The molecule has 0 saturated heterocycles. The maximum Gasteiger partial charge on any atom is 0.234 e. The molecule has 0 radical (unpaired) electrons. The number of fused-ring (bicyclic) bond motifs is 1. The molecule has 5 heteroatoms. The first-order chi connectivity index (χ1) is 13.4. The van der Waals surface area contributed by atoms with Crippen LogP contribution in [0, 0.1) is 25.2 Å². The highest BCUT2D eigenvalue weighted by Crippen LogP contribution is 2.27. The van der Waals surface area contributed by atoms with E-state index < -0.39 is 0 Å². The zero-order valence-electron chi connectivity index (χ0n) is 16.5. The van der Waals surface area contributed by atoms with Crippen molar-refractivity contribution in [2.24, 2.45) is 0 Å². The maximum atomic E-state index is 12.4. The summed E-state index contributed by atoms with van der Waals surface area (Å²) in [6, 6.07) is 16.0. The summed E-state index contributed by atoms with van der Waals surface area (Å²) in [7, 11) is 0. The third-order valence-corrected chi connectivity index (χ3v) is 5.80. The van der Waals surface area contributed by atoms with Crippen LogP contribution in [0.15, 0.2) is 47.5 Å². The molecule has 142 valence electrons. The Hall–Kier alpha value is -2.84. The molecule has 0 aliphatic heterocycles. The molecule has 0 aliphatic rings. The second kappa shape index (κ2) is 8.45. The number of benzene rings is 2. The molecule has 28 heavy (non-hydrogen) atoms. The van der Waals surface area contributed by atoms with Gasteiger partial charge in [-0.25, -0.2) is 4.98 Å². The SMILES string of the molecule is Cc1cccc(NC(=O)CSc2nc3ccc(C(C)C)cc3cc2C#N)c1C. The monoisotopic (exact) mass is 389 g/mol. The topological polar surface area (TPSA) is 65.8 Å². The van der Waals surface area contributed by atoms with E-state index in [9.17, 15) is 10.1 Å². The van der Waals surface area contributed by atoms with Crippen LogP contribution in [-0.4, -0.2) is 16.6 Å². The van der Waals surface area contributed by atoms with Crippen molar-refractivity contribution in [2.45, 2.75) is 38.6 Å². The number of pyridine rings is 1. The summed E-state index contributed by atoms with van der Waals surface area (Å²) in [5, 5.41) is 14.0. The van der Waals surface area contributed by atoms with Crippen LogP contribution < -0.4 is 5.32 Å². The van der Waals surface area contributed by atoms with Crippen LogP contribution in [0.5, 0.6) is 0 Å². The second-order valence-electron chi connectivity index (χ2n) is 7.14. The Morgan fingerprint density at radius 2 is 2.00 bits per heavy atom. The number of thioether (sulfide) groups is 1. The molecule has 0 bridgehead atoms. The molecule has 0 unspecified atom stereocenters.